The summed E-state index contributed by atoms with van der Waals surface area (Å²) in [4.78, 5) is 27.2. The third-order valence-electron chi connectivity index (χ3n) is 4.72. The lowest BCUT2D eigenvalue weighted by atomic mass is 10.1. The quantitative estimate of drug-likeness (QED) is 0.632. The van der Waals surface area contributed by atoms with Gasteiger partial charge in [0, 0.05) is 42.3 Å². The highest BCUT2D eigenvalue weighted by Crippen LogP contribution is 2.23. The van der Waals surface area contributed by atoms with Gasteiger partial charge >= 0.3 is 0 Å². The molecule has 0 aliphatic rings. The molecule has 0 aromatic heterocycles. The third-order valence-corrected chi connectivity index (χ3v) is 4.72. The van der Waals surface area contributed by atoms with Gasteiger partial charge in [-0.05, 0) is 67.1 Å². The highest BCUT2D eigenvalue weighted by molar-refractivity contribution is 6.07. The highest BCUT2D eigenvalue weighted by atomic mass is 16.5. The van der Waals surface area contributed by atoms with Gasteiger partial charge in [-0.15, -0.1) is 0 Å². The molecule has 0 aliphatic carbocycles. The minimum absolute atomic E-state index is 0.213. The summed E-state index contributed by atoms with van der Waals surface area (Å²) < 4.78 is 5.12. The number of carbonyl (C=O) groups is 2. The molecule has 0 aliphatic heterocycles. The lowest BCUT2D eigenvalue weighted by Gasteiger charge is -2.14. The Morgan fingerprint density at radius 2 is 1.53 bits per heavy atom. The minimum atomic E-state index is -0.233. The Bertz CT molecular complexity index is 1060. The van der Waals surface area contributed by atoms with E-state index < -0.39 is 0 Å². The van der Waals surface area contributed by atoms with E-state index in [1.54, 1.807) is 43.5 Å². The van der Waals surface area contributed by atoms with Crippen molar-refractivity contribution < 1.29 is 14.3 Å². The number of nitrogens with zero attached hydrogens (tertiary/aromatic N) is 1. The molecule has 0 spiro atoms. The maximum absolute atomic E-state index is 12.7. The molecule has 6 nitrogen and oxygen atoms in total. The molecule has 2 amide bonds. The summed E-state index contributed by atoms with van der Waals surface area (Å²) in [6.07, 6.45) is 0. The van der Waals surface area contributed by atoms with Gasteiger partial charge in [-0.2, -0.15) is 0 Å². The predicted molar refractivity (Wildman–Crippen MR) is 121 cm³/mol. The first-order chi connectivity index (χ1) is 14.4. The molecule has 30 heavy (non-hydrogen) atoms. The summed E-state index contributed by atoms with van der Waals surface area (Å²) in [5, 5.41) is 5.80. The monoisotopic (exact) mass is 403 g/mol. The van der Waals surface area contributed by atoms with Gasteiger partial charge in [0.1, 0.15) is 5.75 Å². The number of anilines is 3. The molecule has 2 N–H and O–H groups in total. The van der Waals surface area contributed by atoms with Gasteiger partial charge in [-0.1, -0.05) is 12.1 Å². The predicted octanol–water partition coefficient (Wildman–Crippen LogP) is 4.57. The number of aryl methyl sites for hydroxylation is 1. The van der Waals surface area contributed by atoms with Crippen molar-refractivity contribution in [1.29, 1.82) is 0 Å². The van der Waals surface area contributed by atoms with Crippen molar-refractivity contribution in [2.45, 2.75) is 6.92 Å². The van der Waals surface area contributed by atoms with Crippen molar-refractivity contribution in [2.24, 2.45) is 0 Å². The first-order valence-electron chi connectivity index (χ1n) is 9.52. The smallest absolute Gasteiger partial charge is 0.255 e. The van der Waals surface area contributed by atoms with Crippen LogP contribution >= 0.6 is 0 Å². The summed E-state index contributed by atoms with van der Waals surface area (Å²) >= 11 is 0. The molecule has 0 heterocycles. The Hall–Kier alpha value is -3.80. The Morgan fingerprint density at radius 3 is 2.20 bits per heavy atom. The van der Waals surface area contributed by atoms with Gasteiger partial charge in [0.05, 0.1) is 7.11 Å². The van der Waals surface area contributed by atoms with Gasteiger partial charge in [-0.25, -0.2) is 0 Å². The lowest BCUT2D eigenvalue weighted by molar-refractivity contribution is 0.101. The van der Waals surface area contributed by atoms with Gasteiger partial charge in [0.25, 0.3) is 11.8 Å². The summed E-state index contributed by atoms with van der Waals surface area (Å²) in [5.41, 5.74) is 4.15. The van der Waals surface area contributed by atoms with Crippen LogP contribution in [-0.2, 0) is 0 Å². The number of hydrogen-bond acceptors (Lipinski definition) is 4. The van der Waals surface area contributed by atoms with Crippen molar-refractivity contribution in [2.75, 3.05) is 36.7 Å². The van der Waals surface area contributed by atoms with Crippen LogP contribution in [0.2, 0.25) is 0 Å². The van der Waals surface area contributed by atoms with Gasteiger partial charge in [0.15, 0.2) is 0 Å². The van der Waals surface area contributed by atoms with Crippen LogP contribution in [0.15, 0.2) is 66.7 Å². The second kappa shape index (κ2) is 9.13. The largest absolute Gasteiger partial charge is 0.497 e. The van der Waals surface area contributed by atoms with Gasteiger partial charge in [0.2, 0.25) is 0 Å². The van der Waals surface area contributed by atoms with E-state index in [4.69, 9.17) is 4.74 Å². The number of nitrogens with one attached hydrogen (secondary N) is 2. The molecule has 0 saturated carbocycles. The van der Waals surface area contributed by atoms with E-state index in [1.807, 2.05) is 56.3 Å². The Labute approximate surface area is 176 Å². The van der Waals surface area contributed by atoms with Crippen molar-refractivity contribution >= 4 is 28.9 Å². The zero-order valence-corrected chi connectivity index (χ0v) is 17.5. The lowest BCUT2D eigenvalue weighted by Crippen LogP contribution is -2.15. The second-order valence-electron chi connectivity index (χ2n) is 7.11. The number of amides is 2. The number of hydrogen-bond donors (Lipinski definition) is 2. The van der Waals surface area contributed by atoms with Crippen LogP contribution in [0.25, 0.3) is 0 Å². The molecule has 3 aromatic rings. The number of benzene rings is 3. The Morgan fingerprint density at radius 1 is 0.833 bits per heavy atom. The fourth-order valence-corrected chi connectivity index (χ4v) is 2.90. The highest BCUT2D eigenvalue weighted by Gasteiger charge is 2.11. The molecular formula is C24H25N3O3. The molecule has 0 atom stereocenters. The normalized spacial score (nSPS) is 10.3. The SMILES string of the molecule is COc1ccc(C(=O)Nc2cc(NC(=O)c3cccc(N(C)C)c3)ccc2C)cc1. The maximum atomic E-state index is 12.7. The van der Waals surface area contributed by atoms with Crippen molar-refractivity contribution in [3.05, 3.63) is 83.4 Å². The molecule has 0 fully saturated rings. The second-order valence-corrected chi connectivity index (χ2v) is 7.11. The topological polar surface area (TPSA) is 70.7 Å². The van der Waals surface area contributed by atoms with Crippen LogP contribution in [0, 0.1) is 6.92 Å². The van der Waals surface area contributed by atoms with E-state index in [-0.39, 0.29) is 11.8 Å². The molecule has 3 rings (SSSR count). The molecule has 0 bridgehead atoms. The minimum Gasteiger partial charge on any atom is -0.497 e. The zero-order chi connectivity index (χ0) is 21.7. The Kier molecular flexibility index (Phi) is 6.37. The summed E-state index contributed by atoms with van der Waals surface area (Å²) in [7, 11) is 5.43. The van der Waals surface area contributed by atoms with Crippen LogP contribution in [0.5, 0.6) is 5.75 Å². The molecule has 0 radical (unpaired) electrons. The third kappa shape index (κ3) is 4.97. The standard InChI is InChI=1S/C24H25N3O3/c1-16-8-11-19(25-24(29)18-6-5-7-20(14-18)27(2)3)15-22(16)26-23(28)17-9-12-21(30-4)13-10-17/h5-15H,1-4H3,(H,25,29)(H,26,28). The van der Waals surface area contributed by atoms with E-state index in [0.29, 0.717) is 28.3 Å². The van der Waals surface area contributed by atoms with E-state index >= 15 is 0 Å². The average Bonchev–Trinajstić information content (AvgIpc) is 2.76. The summed E-state index contributed by atoms with van der Waals surface area (Å²) in [5.74, 6) is 0.240. The molecule has 0 saturated heterocycles. The first kappa shape index (κ1) is 20.9. The number of methoxy groups -OCH3 is 1. The fraction of sp³-hybridized carbons (Fsp3) is 0.167. The zero-order valence-electron chi connectivity index (χ0n) is 17.5. The summed E-state index contributed by atoms with van der Waals surface area (Å²) in [6.45, 7) is 1.90. The fourth-order valence-electron chi connectivity index (χ4n) is 2.90. The molecule has 0 unspecified atom stereocenters. The number of ether oxygens (including phenoxy) is 1. The van der Waals surface area contributed by atoms with E-state index in [9.17, 15) is 9.59 Å². The maximum Gasteiger partial charge on any atom is 0.255 e. The van der Waals surface area contributed by atoms with Crippen molar-refractivity contribution in [3.63, 3.8) is 0 Å². The van der Waals surface area contributed by atoms with Crippen molar-refractivity contribution in [1.82, 2.24) is 0 Å². The molecule has 6 heteroatoms. The molecule has 154 valence electrons. The van der Waals surface area contributed by atoms with Crippen LogP contribution in [0.3, 0.4) is 0 Å². The van der Waals surface area contributed by atoms with E-state index in [0.717, 1.165) is 11.3 Å². The first-order valence-corrected chi connectivity index (χ1v) is 9.52. The average molecular weight is 403 g/mol. The number of carbonyl (C=O) groups excluding carboxylic acids is 2. The van der Waals surface area contributed by atoms with Crippen LogP contribution in [0.4, 0.5) is 17.1 Å². The molecule has 3 aromatic carbocycles. The summed E-state index contributed by atoms with van der Waals surface area (Å²) in [6, 6.07) is 19.7. The van der Waals surface area contributed by atoms with Gasteiger partial charge in [-0.3, -0.25) is 9.59 Å². The number of rotatable bonds is 6. The van der Waals surface area contributed by atoms with Gasteiger partial charge < -0.3 is 20.3 Å². The molecular weight excluding hydrogens is 378 g/mol. The van der Waals surface area contributed by atoms with Crippen molar-refractivity contribution in [3.8, 4) is 5.75 Å². The Balaban J connectivity index is 1.75. The van der Waals surface area contributed by atoms with Crippen LogP contribution in [0.1, 0.15) is 26.3 Å². The van der Waals surface area contributed by atoms with E-state index in [2.05, 4.69) is 10.6 Å². The van der Waals surface area contributed by atoms with E-state index in [1.165, 1.54) is 0 Å². The van der Waals surface area contributed by atoms with Crippen LogP contribution in [-0.4, -0.2) is 33.0 Å². The van der Waals surface area contributed by atoms with Crippen LogP contribution < -0.4 is 20.3 Å².